The van der Waals surface area contributed by atoms with Crippen LogP contribution < -0.4 is 15.5 Å². The van der Waals surface area contributed by atoms with E-state index in [1.54, 1.807) is 30.3 Å². The highest BCUT2D eigenvalue weighted by atomic mass is 35.5. The van der Waals surface area contributed by atoms with Gasteiger partial charge in [-0.3, -0.25) is 9.59 Å². The van der Waals surface area contributed by atoms with E-state index in [1.165, 1.54) is 6.21 Å². The summed E-state index contributed by atoms with van der Waals surface area (Å²) >= 11 is 6.10. The molecule has 0 aromatic heterocycles. The Labute approximate surface area is 192 Å². The number of alkyl halides is 3. The van der Waals surface area contributed by atoms with Crippen LogP contribution in [0.5, 0.6) is 5.75 Å². The van der Waals surface area contributed by atoms with Crippen LogP contribution >= 0.6 is 11.6 Å². The lowest BCUT2D eigenvalue weighted by Crippen LogP contribution is -2.32. The van der Waals surface area contributed by atoms with Crippen LogP contribution in [0.25, 0.3) is 0 Å². The van der Waals surface area contributed by atoms with E-state index < -0.39 is 23.6 Å². The summed E-state index contributed by atoms with van der Waals surface area (Å²) in [7, 11) is 0. The number of hydrogen-bond donors (Lipinski definition) is 2. The highest BCUT2D eigenvalue weighted by Gasteiger charge is 2.30. The van der Waals surface area contributed by atoms with Gasteiger partial charge < -0.3 is 10.1 Å². The molecule has 0 bridgehead atoms. The molecule has 10 heteroatoms. The monoisotopic (exact) mass is 475 g/mol. The smallest absolute Gasteiger partial charge is 0.416 e. The topological polar surface area (TPSA) is 79.8 Å². The maximum Gasteiger partial charge on any atom is 0.416 e. The molecule has 0 spiro atoms. The van der Waals surface area contributed by atoms with Crippen molar-refractivity contribution in [2.24, 2.45) is 5.10 Å². The Morgan fingerprint density at radius 3 is 2.39 bits per heavy atom. The van der Waals surface area contributed by atoms with Crippen molar-refractivity contribution in [3.8, 4) is 5.75 Å². The number of amides is 2. The third-order valence-corrected chi connectivity index (χ3v) is 4.64. The normalized spacial score (nSPS) is 11.3. The molecular formula is C23H17ClF3N3O3. The van der Waals surface area contributed by atoms with E-state index in [9.17, 15) is 22.8 Å². The Morgan fingerprint density at radius 1 is 0.970 bits per heavy atom. The van der Waals surface area contributed by atoms with Gasteiger partial charge in [0.05, 0.1) is 11.8 Å². The first kappa shape index (κ1) is 23.8. The third-order valence-electron chi connectivity index (χ3n) is 4.27. The number of carbonyl (C=O) groups is 2. The van der Waals surface area contributed by atoms with Gasteiger partial charge in [-0.05, 0) is 48.0 Å². The molecular weight excluding hydrogens is 459 g/mol. The fourth-order valence-electron chi connectivity index (χ4n) is 2.61. The Hall–Kier alpha value is -3.85. The average molecular weight is 476 g/mol. The van der Waals surface area contributed by atoms with Crippen LogP contribution in [0.15, 0.2) is 77.9 Å². The summed E-state index contributed by atoms with van der Waals surface area (Å²) in [6, 6.07) is 17.8. The van der Waals surface area contributed by atoms with Gasteiger partial charge in [-0.2, -0.15) is 18.3 Å². The van der Waals surface area contributed by atoms with Gasteiger partial charge in [-0.25, -0.2) is 5.43 Å². The number of nitrogens with zero attached hydrogens (tertiary/aromatic N) is 1. The summed E-state index contributed by atoms with van der Waals surface area (Å²) < 4.78 is 43.4. The Balaban J connectivity index is 1.52. The lowest BCUT2D eigenvalue weighted by atomic mass is 10.2. The number of anilines is 1. The second kappa shape index (κ2) is 10.6. The molecule has 0 radical (unpaired) electrons. The Kier molecular flexibility index (Phi) is 7.68. The number of halogens is 4. The molecule has 0 aliphatic heterocycles. The van der Waals surface area contributed by atoms with E-state index in [0.29, 0.717) is 16.3 Å². The van der Waals surface area contributed by atoms with Crippen molar-refractivity contribution in [3.63, 3.8) is 0 Å². The zero-order chi connectivity index (χ0) is 23.8. The standard InChI is InChI=1S/C23H17ClF3N3O3/c24-20-7-2-1-5-16(20)14-33-19-6-3-4-15(12-19)13-28-30-22(32)21(31)29-18-10-8-17(9-11-18)23(25,26)27/h1-13H,14H2,(H,29,31)(H,30,32)/b28-13+. The molecule has 0 atom stereocenters. The van der Waals surface area contributed by atoms with Gasteiger partial charge in [-0.1, -0.05) is 41.9 Å². The molecule has 0 heterocycles. The fourth-order valence-corrected chi connectivity index (χ4v) is 2.80. The van der Waals surface area contributed by atoms with Gasteiger partial charge in [-0.15, -0.1) is 0 Å². The molecule has 3 aromatic rings. The van der Waals surface area contributed by atoms with Gasteiger partial charge in [0.1, 0.15) is 12.4 Å². The maximum absolute atomic E-state index is 12.6. The molecule has 2 amide bonds. The summed E-state index contributed by atoms with van der Waals surface area (Å²) in [4.78, 5) is 23.8. The molecule has 3 aromatic carbocycles. The van der Waals surface area contributed by atoms with Crippen molar-refractivity contribution >= 4 is 35.3 Å². The number of carbonyl (C=O) groups excluding carboxylic acids is 2. The van der Waals surface area contributed by atoms with Crippen LogP contribution in [0.3, 0.4) is 0 Å². The minimum atomic E-state index is -4.49. The molecule has 33 heavy (non-hydrogen) atoms. The lowest BCUT2D eigenvalue weighted by molar-refractivity contribution is -0.137. The highest BCUT2D eigenvalue weighted by Crippen LogP contribution is 2.29. The fraction of sp³-hybridized carbons (Fsp3) is 0.0870. The van der Waals surface area contributed by atoms with Gasteiger partial charge in [0.15, 0.2) is 0 Å². The number of benzene rings is 3. The first-order valence-electron chi connectivity index (χ1n) is 9.50. The predicted molar refractivity (Wildman–Crippen MR) is 118 cm³/mol. The van der Waals surface area contributed by atoms with Crippen molar-refractivity contribution < 1.29 is 27.5 Å². The van der Waals surface area contributed by atoms with Gasteiger partial charge in [0.2, 0.25) is 0 Å². The zero-order valence-electron chi connectivity index (χ0n) is 16.9. The second-order valence-electron chi connectivity index (χ2n) is 6.68. The molecule has 6 nitrogen and oxygen atoms in total. The van der Waals surface area contributed by atoms with Crippen LogP contribution in [0, 0.1) is 0 Å². The number of nitrogens with one attached hydrogen (secondary N) is 2. The summed E-state index contributed by atoms with van der Waals surface area (Å²) in [5.74, 6) is -1.62. The van der Waals surface area contributed by atoms with Crippen molar-refractivity contribution in [1.82, 2.24) is 5.43 Å². The third kappa shape index (κ3) is 7.08. The van der Waals surface area contributed by atoms with E-state index in [-0.39, 0.29) is 12.3 Å². The number of ether oxygens (including phenoxy) is 1. The van der Waals surface area contributed by atoms with Crippen LogP contribution in [0.2, 0.25) is 5.02 Å². The van der Waals surface area contributed by atoms with E-state index in [1.807, 2.05) is 18.2 Å². The van der Waals surface area contributed by atoms with Gasteiger partial charge in [0.25, 0.3) is 0 Å². The molecule has 0 unspecified atom stereocenters. The number of hydrazone groups is 1. The van der Waals surface area contributed by atoms with Crippen LogP contribution in [0.1, 0.15) is 16.7 Å². The van der Waals surface area contributed by atoms with Crippen LogP contribution in [-0.4, -0.2) is 18.0 Å². The minimum absolute atomic E-state index is 0.0375. The van der Waals surface area contributed by atoms with E-state index >= 15 is 0 Å². The molecule has 0 saturated heterocycles. The van der Waals surface area contributed by atoms with E-state index in [2.05, 4.69) is 15.8 Å². The molecule has 0 aliphatic carbocycles. The first-order valence-corrected chi connectivity index (χ1v) is 9.88. The second-order valence-corrected chi connectivity index (χ2v) is 7.09. The van der Waals surface area contributed by atoms with E-state index in [4.69, 9.17) is 16.3 Å². The molecule has 0 aliphatic rings. The van der Waals surface area contributed by atoms with Crippen LogP contribution in [0.4, 0.5) is 18.9 Å². The molecule has 2 N–H and O–H groups in total. The summed E-state index contributed by atoms with van der Waals surface area (Å²) in [5.41, 5.74) is 2.64. The maximum atomic E-state index is 12.6. The van der Waals surface area contributed by atoms with Crippen molar-refractivity contribution in [2.45, 2.75) is 12.8 Å². The first-order chi connectivity index (χ1) is 15.7. The predicted octanol–water partition coefficient (Wildman–Crippen LogP) is 5.03. The highest BCUT2D eigenvalue weighted by molar-refractivity contribution is 6.39. The average Bonchev–Trinajstić information content (AvgIpc) is 2.78. The molecule has 0 fully saturated rings. The van der Waals surface area contributed by atoms with Crippen molar-refractivity contribution in [2.75, 3.05) is 5.32 Å². The molecule has 170 valence electrons. The van der Waals surface area contributed by atoms with Gasteiger partial charge >= 0.3 is 18.0 Å². The van der Waals surface area contributed by atoms with Crippen molar-refractivity contribution in [3.05, 3.63) is 94.5 Å². The summed E-state index contributed by atoms with van der Waals surface area (Å²) in [5, 5.41) is 6.50. The quantitative estimate of drug-likeness (QED) is 0.298. The molecule has 3 rings (SSSR count). The van der Waals surface area contributed by atoms with E-state index in [0.717, 1.165) is 29.8 Å². The number of hydrogen-bond acceptors (Lipinski definition) is 4. The van der Waals surface area contributed by atoms with Crippen molar-refractivity contribution in [1.29, 1.82) is 0 Å². The zero-order valence-corrected chi connectivity index (χ0v) is 17.7. The molecule has 0 saturated carbocycles. The van der Waals surface area contributed by atoms with Crippen LogP contribution in [-0.2, 0) is 22.4 Å². The Morgan fingerprint density at radius 2 is 1.70 bits per heavy atom. The largest absolute Gasteiger partial charge is 0.489 e. The number of rotatable bonds is 6. The Bertz CT molecular complexity index is 1170. The minimum Gasteiger partial charge on any atom is -0.489 e. The van der Waals surface area contributed by atoms with Gasteiger partial charge in [0, 0.05) is 16.3 Å². The SMILES string of the molecule is O=C(N/N=C/c1cccc(OCc2ccccc2Cl)c1)C(=O)Nc1ccc(C(F)(F)F)cc1. The summed E-state index contributed by atoms with van der Waals surface area (Å²) in [6.45, 7) is 0.265. The summed E-state index contributed by atoms with van der Waals surface area (Å²) in [6.07, 6.45) is -3.18. The lowest BCUT2D eigenvalue weighted by Gasteiger charge is -2.08.